The van der Waals surface area contributed by atoms with Crippen molar-refractivity contribution < 1.29 is 19.1 Å². The summed E-state index contributed by atoms with van der Waals surface area (Å²) in [4.78, 5) is 23.1. The first-order chi connectivity index (χ1) is 9.23. The number of aryl methyl sites for hydroxylation is 1. The van der Waals surface area contributed by atoms with Crippen LogP contribution in [-0.2, 0) is 14.3 Å². The molecule has 1 aromatic rings. The molecule has 20 heavy (non-hydrogen) atoms. The summed E-state index contributed by atoms with van der Waals surface area (Å²) >= 11 is 0. The van der Waals surface area contributed by atoms with Gasteiger partial charge < -0.3 is 14.8 Å². The third-order valence-corrected chi connectivity index (χ3v) is 2.56. The van der Waals surface area contributed by atoms with Gasteiger partial charge in [0.05, 0.1) is 18.3 Å². The molecule has 0 radical (unpaired) electrons. The van der Waals surface area contributed by atoms with Gasteiger partial charge in [-0.15, -0.1) is 0 Å². The Balaban J connectivity index is 2.69. The van der Waals surface area contributed by atoms with Crippen molar-refractivity contribution in [3.63, 3.8) is 0 Å². The fourth-order valence-electron chi connectivity index (χ4n) is 1.52. The number of nitrogens with one attached hydrogen (secondary N) is 1. The van der Waals surface area contributed by atoms with Crippen LogP contribution in [0.4, 0.5) is 5.69 Å². The molecule has 0 spiro atoms. The first kappa shape index (κ1) is 16.2. The first-order valence-corrected chi connectivity index (χ1v) is 6.36. The van der Waals surface area contributed by atoms with Crippen LogP contribution in [0.15, 0.2) is 18.2 Å². The van der Waals surface area contributed by atoms with Gasteiger partial charge in [-0.3, -0.25) is 4.79 Å². The molecule has 110 valence electrons. The highest BCUT2D eigenvalue weighted by Crippen LogP contribution is 2.17. The van der Waals surface area contributed by atoms with Crippen LogP contribution in [0.2, 0.25) is 0 Å². The second kappa shape index (κ2) is 6.52. The van der Waals surface area contributed by atoms with Crippen LogP contribution in [0, 0.1) is 6.92 Å². The largest absolute Gasteiger partial charge is 0.465 e. The lowest BCUT2D eigenvalue weighted by Crippen LogP contribution is -2.27. The number of rotatable bonds is 4. The molecule has 0 saturated carbocycles. The van der Waals surface area contributed by atoms with Crippen molar-refractivity contribution in [3.05, 3.63) is 29.3 Å². The third kappa shape index (κ3) is 5.01. The van der Waals surface area contributed by atoms with Crippen LogP contribution < -0.4 is 5.32 Å². The van der Waals surface area contributed by atoms with Crippen LogP contribution in [-0.4, -0.2) is 31.2 Å². The van der Waals surface area contributed by atoms with Gasteiger partial charge in [0.15, 0.2) is 0 Å². The molecule has 1 aromatic carbocycles. The molecule has 0 aliphatic rings. The van der Waals surface area contributed by atoms with Gasteiger partial charge in [0.25, 0.3) is 0 Å². The van der Waals surface area contributed by atoms with Crippen molar-refractivity contribution in [3.8, 4) is 0 Å². The van der Waals surface area contributed by atoms with E-state index in [0.717, 1.165) is 5.56 Å². The number of hydrogen-bond donors (Lipinski definition) is 1. The van der Waals surface area contributed by atoms with Crippen molar-refractivity contribution in [1.82, 2.24) is 0 Å². The molecule has 0 aliphatic heterocycles. The van der Waals surface area contributed by atoms with Gasteiger partial charge in [-0.2, -0.15) is 0 Å². The monoisotopic (exact) mass is 279 g/mol. The summed E-state index contributed by atoms with van der Waals surface area (Å²) in [7, 11) is 1.33. The first-order valence-electron chi connectivity index (χ1n) is 6.36. The van der Waals surface area contributed by atoms with E-state index in [0.29, 0.717) is 11.3 Å². The smallest absolute Gasteiger partial charge is 0.337 e. The van der Waals surface area contributed by atoms with Gasteiger partial charge >= 0.3 is 5.97 Å². The molecule has 0 saturated heterocycles. The maximum atomic E-state index is 11.8. The minimum atomic E-state index is -0.401. The zero-order chi connectivity index (χ0) is 15.3. The lowest BCUT2D eigenvalue weighted by molar-refractivity contribution is -0.125. The van der Waals surface area contributed by atoms with Crippen molar-refractivity contribution in [2.75, 3.05) is 19.0 Å². The summed E-state index contributed by atoms with van der Waals surface area (Å²) < 4.78 is 10.0. The van der Waals surface area contributed by atoms with E-state index in [4.69, 9.17) is 4.74 Å². The molecule has 0 aromatic heterocycles. The van der Waals surface area contributed by atoms with Crippen LogP contribution in [0.5, 0.6) is 0 Å². The molecule has 0 bridgehead atoms. The Kier molecular flexibility index (Phi) is 5.27. The maximum Gasteiger partial charge on any atom is 0.337 e. The zero-order valence-corrected chi connectivity index (χ0v) is 12.6. The molecule has 1 N–H and O–H groups in total. The van der Waals surface area contributed by atoms with E-state index in [9.17, 15) is 9.59 Å². The number of hydrogen-bond acceptors (Lipinski definition) is 4. The zero-order valence-electron chi connectivity index (χ0n) is 12.6. The van der Waals surface area contributed by atoms with Gasteiger partial charge in [-0.05, 0) is 51.5 Å². The van der Waals surface area contributed by atoms with Crippen molar-refractivity contribution in [1.29, 1.82) is 0 Å². The summed E-state index contributed by atoms with van der Waals surface area (Å²) in [6.07, 6.45) is 0. The minimum Gasteiger partial charge on any atom is -0.465 e. The number of esters is 1. The Morgan fingerprint density at radius 2 is 1.90 bits per heavy atom. The number of methoxy groups -OCH3 is 1. The standard InChI is InChI=1S/C15H21NO4/c1-10-8-11(14(18)19-5)6-7-12(10)16-13(17)9-20-15(2,3)4/h6-8H,9H2,1-5H3,(H,16,17). The third-order valence-electron chi connectivity index (χ3n) is 2.56. The van der Waals surface area contributed by atoms with E-state index >= 15 is 0 Å². The van der Waals surface area contributed by atoms with Gasteiger partial charge in [0.1, 0.15) is 6.61 Å². The molecule has 0 aliphatic carbocycles. The highest BCUT2D eigenvalue weighted by Gasteiger charge is 2.14. The number of carbonyl (C=O) groups is 2. The summed E-state index contributed by atoms with van der Waals surface area (Å²) in [6, 6.07) is 4.96. The van der Waals surface area contributed by atoms with Crippen LogP contribution in [0.3, 0.4) is 0 Å². The summed E-state index contributed by atoms with van der Waals surface area (Å²) in [5, 5.41) is 2.75. The van der Waals surface area contributed by atoms with Crippen LogP contribution in [0.25, 0.3) is 0 Å². The molecular weight excluding hydrogens is 258 g/mol. The summed E-state index contributed by atoms with van der Waals surface area (Å²) in [5.41, 5.74) is 1.53. The molecule has 1 amide bonds. The molecular formula is C15H21NO4. The lowest BCUT2D eigenvalue weighted by atomic mass is 10.1. The lowest BCUT2D eigenvalue weighted by Gasteiger charge is -2.19. The Morgan fingerprint density at radius 1 is 1.25 bits per heavy atom. The number of anilines is 1. The number of carbonyl (C=O) groups excluding carboxylic acids is 2. The molecule has 5 heteroatoms. The second-order valence-corrected chi connectivity index (χ2v) is 5.47. The molecule has 5 nitrogen and oxygen atoms in total. The van der Waals surface area contributed by atoms with E-state index in [1.807, 2.05) is 27.7 Å². The Hall–Kier alpha value is -1.88. The minimum absolute atomic E-state index is 0.0122. The normalized spacial score (nSPS) is 11.1. The highest BCUT2D eigenvalue weighted by molar-refractivity contribution is 5.94. The average molecular weight is 279 g/mol. The molecule has 0 atom stereocenters. The Bertz CT molecular complexity index is 503. The number of benzene rings is 1. The van der Waals surface area contributed by atoms with E-state index in [1.165, 1.54) is 7.11 Å². The highest BCUT2D eigenvalue weighted by atomic mass is 16.5. The predicted octanol–water partition coefficient (Wildman–Crippen LogP) is 2.54. The molecule has 0 heterocycles. The molecule has 0 unspecified atom stereocenters. The fourth-order valence-corrected chi connectivity index (χ4v) is 1.52. The van der Waals surface area contributed by atoms with Crippen molar-refractivity contribution in [2.45, 2.75) is 33.3 Å². The topological polar surface area (TPSA) is 64.6 Å². The van der Waals surface area contributed by atoms with E-state index in [2.05, 4.69) is 10.1 Å². The Labute approximate surface area is 119 Å². The SMILES string of the molecule is COC(=O)c1ccc(NC(=O)COC(C)(C)C)c(C)c1. The average Bonchev–Trinajstić information content (AvgIpc) is 2.37. The quantitative estimate of drug-likeness (QED) is 0.860. The molecule has 1 rings (SSSR count). The van der Waals surface area contributed by atoms with E-state index in [1.54, 1.807) is 18.2 Å². The van der Waals surface area contributed by atoms with Gasteiger partial charge in [-0.1, -0.05) is 0 Å². The van der Waals surface area contributed by atoms with Crippen molar-refractivity contribution in [2.24, 2.45) is 0 Å². The fraction of sp³-hybridized carbons (Fsp3) is 0.467. The Morgan fingerprint density at radius 3 is 2.40 bits per heavy atom. The van der Waals surface area contributed by atoms with Crippen LogP contribution >= 0.6 is 0 Å². The second-order valence-electron chi connectivity index (χ2n) is 5.47. The van der Waals surface area contributed by atoms with Gasteiger partial charge in [-0.25, -0.2) is 4.79 Å². The summed E-state index contributed by atoms with van der Waals surface area (Å²) in [6.45, 7) is 7.46. The number of ether oxygens (including phenoxy) is 2. The van der Waals surface area contributed by atoms with Gasteiger partial charge in [0, 0.05) is 5.69 Å². The number of amides is 1. The van der Waals surface area contributed by atoms with E-state index < -0.39 is 5.97 Å². The van der Waals surface area contributed by atoms with Crippen molar-refractivity contribution >= 4 is 17.6 Å². The van der Waals surface area contributed by atoms with E-state index in [-0.39, 0.29) is 18.1 Å². The maximum absolute atomic E-state index is 11.8. The van der Waals surface area contributed by atoms with Gasteiger partial charge in [0.2, 0.25) is 5.91 Å². The van der Waals surface area contributed by atoms with Crippen LogP contribution in [0.1, 0.15) is 36.7 Å². The predicted molar refractivity (Wildman–Crippen MR) is 76.9 cm³/mol. The summed E-state index contributed by atoms with van der Waals surface area (Å²) in [5.74, 6) is -0.629. The molecule has 0 fully saturated rings.